The summed E-state index contributed by atoms with van der Waals surface area (Å²) in [5.74, 6) is 1.39. The molecule has 3 aromatic heterocycles. The maximum absolute atomic E-state index is 5.53. The van der Waals surface area contributed by atoms with Crippen LogP contribution >= 0.6 is 22.7 Å². The van der Waals surface area contributed by atoms with Crippen LogP contribution in [0.2, 0.25) is 0 Å². The number of benzene rings is 1. The smallest absolute Gasteiger partial charge is 0.177 e. The molecule has 1 atom stereocenters. The summed E-state index contributed by atoms with van der Waals surface area (Å²) in [5.41, 5.74) is 2.14. The van der Waals surface area contributed by atoms with Crippen molar-refractivity contribution in [1.29, 1.82) is 0 Å². The van der Waals surface area contributed by atoms with E-state index in [0.717, 1.165) is 41.5 Å². The first-order chi connectivity index (χ1) is 12.8. The van der Waals surface area contributed by atoms with E-state index in [9.17, 15) is 0 Å². The van der Waals surface area contributed by atoms with Crippen molar-refractivity contribution in [3.8, 4) is 10.6 Å². The Morgan fingerprint density at radius 3 is 3.04 bits per heavy atom. The van der Waals surface area contributed by atoms with E-state index < -0.39 is 0 Å². The fourth-order valence-electron chi connectivity index (χ4n) is 3.62. The molecule has 4 nitrogen and oxygen atoms in total. The average Bonchev–Trinajstić information content (AvgIpc) is 3.41. The minimum Gasteiger partial charge on any atom is -0.355 e. The van der Waals surface area contributed by atoms with E-state index in [1.54, 1.807) is 11.3 Å². The van der Waals surface area contributed by atoms with Crippen molar-refractivity contribution in [2.75, 3.05) is 13.1 Å². The third-order valence-corrected chi connectivity index (χ3v) is 6.96. The zero-order valence-corrected chi connectivity index (χ0v) is 15.9. The van der Waals surface area contributed by atoms with E-state index >= 15 is 0 Å². The molecular weight excluding hydrogens is 362 g/mol. The molecule has 6 heteroatoms. The van der Waals surface area contributed by atoms with E-state index in [2.05, 4.69) is 51.8 Å². The lowest BCUT2D eigenvalue weighted by Crippen LogP contribution is -2.33. The van der Waals surface area contributed by atoms with Crippen molar-refractivity contribution in [1.82, 2.24) is 15.0 Å². The van der Waals surface area contributed by atoms with E-state index in [-0.39, 0.29) is 0 Å². The van der Waals surface area contributed by atoms with Gasteiger partial charge in [0.1, 0.15) is 0 Å². The van der Waals surface area contributed by atoms with Crippen LogP contribution < -0.4 is 0 Å². The topological polar surface area (TPSA) is 42.2 Å². The van der Waals surface area contributed by atoms with Crippen molar-refractivity contribution in [3.63, 3.8) is 0 Å². The van der Waals surface area contributed by atoms with Gasteiger partial charge in [0.25, 0.3) is 0 Å². The lowest BCUT2D eigenvalue weighted by Gasteiger charge is -2.31. The molecule has 4 aromatic rings. The molecule has 0 aliphatic carbocycles. The number of hydrogen-bond acceptors (Lipinski definition) is 6. The summed E-state index contributed by atoms with van der Waals surface area (Å²) in [6.07, 6.45) is 2.42. The Morgan fingerprint density at radius 2 is 2.15 bits per heavy atom. The highest BCUT2D eigenvalue weighted by molar-refractivity contribution is 7.18. The second kappa shape index (κ2) is 6.95. The first-order valence-corrected chi connectivity index (χ1v) is 10.6. The number of aromatic nitrogens is 2. The van der Waals surface area contributed by atoms with Crippen LogP contribution in [0.1, 0.15) is 29.5 Å². The van der Waals surface area contributed by atoms with Crippen LogP contribution in [0.15, 0.2) is 52.4 Å². The van der Waals surface area contributed by atoms with Crippen molar-refractivity contribution >= 4 is 32.9 Å². The molecule has 0 radical (unpaired) electrons. The van der Waals surface area contributed by atoms with Gasteiger partial charge in [-0.2, -0.15) is 0 Å². The van der Waals surface area contributed by atoms with Crippen LogP contribution in [-0.4, -0.2) is 28.1 Å². The molecule has 4 heterocycles. The van der Waals surface area contributed by atoms with Crippen LogP contribution in [0.25, 0.3) is 20.9 Å². The number of nitrogens with zero attached hydrogens (tertiary/aromatic N) is 3. The number of thiophene rings is 1. The van der Waals surface area contributed by atoms with Crippen LogP contribution in [0.3, 0.4) is 0 Å². The van der Waals surface area contributed by atoms with Gasteiger partial charge in [0.05, 0.1) is 25.8 Å². The van der Waals surface area contributed by atoms with E-state index in [0.29, 0.717) is 5.92 Å². The minimum atomic E-state index is 0.518. The molecule has 0 saturated carbocycles. The van der Waals surface area contributed by atoms with Gasteiger partial charge in [0.2, 0.25) is 0 Å². The second-order valence-electron chi connectivity index (χ2n) is 6.75. The molecule has 5 rings (SSSR count). The number of rotatable bonds is 4. The molecule has 1 aliphatic rings. The highest BCUT2D eigenvalue weighted by Gasteiger charge is 2.25. The van der Waals surface area contributed by atoms with Gasteiger partial charge in [0.15, 0.2) is 5.76 Å². The number of likely N-dealkylation sites (tertiary alicyclic amines) is 1. The highest BCUT2D eigenvalue weighted by Crippen LogP contribution is 2.33. The molecule has 26 heavy (non-hydrogen) atoms. The monoisotopic (exact) mass is 381 g/mol. The van der Waals surface area contributed by atoms with Crippen LogP contribution in [0.4, 0.5) is 0 Å². The van der Waals surface area contributed by atoms with Crippen LogP contribution in [-0.2, 0) is 6.54 Å². The van der Waals surface area contributed by atoms with Gasteiger partial charge >= 0.3 is 0 Å². The third kappa shape index (κ3) is 3.20. The maximum Gasteiger partial charge on any atom is 0.177 e. The van der Waals surface area contributed by atoms with Crippen molar-refractivity contribution < 1.29 is 4.52 Å². The Morgan fingerprint density at radius 1 is 1.19 bits per heavy atom. The van der Waals surface area contributed by atoms with Gasteiger partial charge in [-0.15, -0.1) is 22.7 Å². The number of fused-ring (bicyclic) bond motifs is 1. The van der Waals surface area contributed by atoms with E-state index in [1.165, 1.54) is 22.5 Å². The highest BCUT2D eigenvalue weighted by atomic mass is 32.1. The standard InChI is InChI=1S/C20H19N3OS2/c1-2-7-18-16(6-1)21-20(26-18)14-5-3-9-23(12-14)13-15-11-17(24-22-15)19-8-4-10-25-19/h1-2,4,6-8,10-11,14H,3,5,9,12-13H2. The van der Waals surface area contributed by atoms with Gasteiger partial charge in [-0.3, -0.25) is 4.90 Å². The predicted molar refractivity (Wildman–Crippen MR) is 107 cm³/mol. The van der Waals surface area contributed by atoms with Gasteiger partial charge in [0, 0.05) is 25.1 Å². The lowest BCUT2D eigenvalue weighted by molar-refractivity contribution is 0.195. The molecular formula is C20H19N3OS2. The SMILES string of the molecule is c1csc(-c2cc(CN3CCCC(c4nc5ccccc5s4)C3)no2)c1. The van der Waals surface area contributed by atoms with E-state index in [1.807, 2.05) is 17.4 Å². The molecule has 1 aliphatic heterocycles. The normalized spacial score (nSPS) is 18.5. The zero-order valence-electron chi connectivity index (χ0n) is 14.3. The molecule has 0 spiro atoms. The fraction of sp³-hybridized carbons (Fsp3) is 0.300. The Balaban J connectivity index is 1.30. The summed E-state index contributed by atoms with van der Waals surface area (Å²) < 4.78 is 6.81. The molecule has 0 bridgehead atoms. The first kappa shape index (κ1) is 16.2. The Labute approximate surface area is 160 Å². The summed E-state index contributed by atoms with van der Waals surface area (Å²) in [7, 11) is 0. The molecule has 1 unspecified atom stereocenters. The quantitative estimate of drug-likeness (QED) is 0.475. The lowest BCUT2D eigenvalue weighted by atomic mass is 9.98. The summed E-state index contributed by atoms with van der Waals surface area (Å²) in [5, 5.41) is 7.61. The predicted octanol–water partition coefficient (Wildman–Crippen LogP) is 5.39. The van der Waals surface area contributed by atoms with Crippen LogP contribution in [0.5, 0.6) is 0 Å². The summed E-state index contributed by atoms with van der Waals surface area (Å²) >= 11 is 3.52. The van der Waals surface area contributed by atoms with Crippen LogP contribution in [0, 0.1) is 0 Å². The van der Waals surface area contributed by atoms with Crippen molar-refractivity contribution in [2.24, 2.45) is 0 Å². The van der Waals surface area contributed by atoms with E-state index in [4.69, 9.17) is 9.51 Å². The third-order valence-electron chi connectivity index (χ3n) is 4.87. The Bertz CT molecular complexity index is 972. The van der Waals surface area contributed by atoms with Gasteiger partial charge in [-0.25, -0.2) is 4.98 Å². The zero-order chi connectivity index (χ0) is 17.3. The molecule has 1 aromatic carbocycles. The molecule has 0 N–H and O–H groups in total. The average molecular weight is 382 g/mol. The van der Waals surface area contributed by atoms with Gasteiger partial charge in [-0.1, -0.05) is 23.4 Å². The summed E-state index contributed by atoms with van der Waals surface area (Å²) in [6, 6.07) is 14.6. The first-order valence-electron chi connectivity index (χ1n) is 8.92. The molecule has 132 valence electrons. The maximum atomic E-state index is 5.53. The van der Waals surface area contributed by atoms with Crippen molar-refractivity contribution in [2.45, 2.75) is 25.3 Å². The molecule has 1 fully saturated rings. The summed E-state index contributed by atoms with van der Waals surface area (Å²) in [4.78, 5) is 8.49. The molecule has 1 saturated heterocycles. The van der Waals surface area contributed by atoms with Gasteiger partial charge < -0.3 is 4.52 Å². The molecule has 0 amide bonds. The number of thiazole rings is 1. The Kier molecular flexibility index (Phi) is 4.32. The number of piperidine rings is 1. The number of para-hydroxylation sites is 1. The summed E-state index contributed by atoms with van der Waals surface area (Å²) in [6.45, 7) is 3.00. The number of hydrogen-bond donors (Lipinski definition) is 0. The van der Waals surface area contributed by atoms with Gasteiger partial charge in [-0.05, 0) is 43.0 Å². The second-order valence-corrected chi connectivity index (χ2v) is 8.76. The van der Waals surface area contributed by atoms with Crippen molar-refractivity contribution in [3.05, 3.63) is 58.5 Å². The minimum absolute atomic E-state index is 0.518. The largest absolute Gasteiger partial charge is 0.355 e. The fourth-order valence-corrected chi connectivity index (χ4v) is 5.38. The Hall–Kier alpha value is -2.02.